The van der Waals surface area contributed by atoms with E-state index in [-0.39, 0.29) is 30.1 Å². The summed E-state index contributed by atoms with van der Waals surface area (Å²) in [5, 5.41) is 11.8. The number of nitrogens with zero attached hydrogens (tertiary/aromatic N) is 4. The standard InChI is InChI=1S/C35H43Cl2N7O2/c1-19-17-43(18-31(45)38-19)33(41-29-14-22-13-27(20(29)2)35(22,3)4)40-25-9-10-26-30(16-25)42-34(39-24-7-8-24)44(32(26)46)12-11-21-5-6-23(36)15-28(21)37/h5-6,9-10,15-16,19-20,22,24,27,29H,7-8,11-14,17-18H2,1-4H3,(H,38,45)(H,39,42)(H,40,41)/t19-,20-,22+,27-,29-/m0/s1. The fraction of sp³-hybridized carbons (Fsp3) is 0.543. The summed E-state index contributed by atoms with van der Waals surface area (Å²) in [5.41, 5.74) is 2.59. The van der Waals surface area contributed by atoms with E-state index in [0.717, 1.165) is 30.5 Å². The van der Waals surface area contributed by atoms with Crippen LogP contribution in [0.4, 0.5) is 11.6 Å². The van der Waals surface area contributed by atoms with Crippen molar-refractivity contribution >= 4 is 57.6 Å². The summed E-state index contributed by atoms with van der Waals surface area (Å²) in [4.78, 5) is 38.8. The molecule has 3 N–H and O–H groups in total. The molecule has 4 saturated carbocycles. The van der Waals surface area contributed by atoms with E-state index in [9.17, 15) is 9.59 Å². The number of halogens is 2. The fourth-order valence-corrected chi connectivity index (χ4v) is 8.35. The van der Waals surface area contributed by atoms with Gasteiger partial charge in [-0.15, -0.1) is 0 Å². The van der Waals surface area contributed by atoms with E-state index >= 15 is 0 Å². The van der Waals surface area contributed by atoms with Crippen molar-refractivity contribution in [2.75, 3.05) is 23.7 Å². The third-order valence-corrected chi connectivity index (χ3v) is 11.5. The van der Waals surface area contributed by atoms with Crippen molar-refractivity contribution in [2.45, 2.75) is 84.5 Å². The summed E-state index contributed by atoms with van der Waals surface area (Å²) < 4.78 is 1.72. The van der Waals surface area contributed by atoms with Gasteiger partial charge in [0.05, 0.1) is 23.5 Å². The average Bonchev–Trinajstić information content (AvgIpc) is 3.81. The summed E-state index contributed by atoms with van der Waals surface area (Å²) in [6.45, 7) is 10.5. The van der Waals surface area contributed by atoms with Crippen LogP contribution < -0.4 is 21.5 Å². The van der Waals surface area contributed by atoms with Gasteiger partial charge in [0.15, 0.2) is 5.96 Å². The molecule has 2 heterocycles. The number of aromatic nitrogens is 2. The molecule has 0 radical (unpaired) electrons. The van der Waals surface area contributed by atoms with E-state index in [1.807, 2.05) is 37.3 Å². The molecule has 0 spiro atoms. The summed E-state index contributed by atoms with van der Waals surface area (Å²) >= 11 is 12.5. The highest BCUT2D eigenvalue weighted by Gasteiger charge is 2.56. The molecule has 3 aromatic rings. The first-order chi connectivity index (χ1) is 22.0. The lowest BCUT2D eigenvalue weighted by molar-refractivity contribution is -0.124. The predicted octanol–water partition coefficient (Wildman–Crippen LogP) is 6.18. The molecule has 46 heavy (non-hydrogen) atoms. The molecule has 1 aliphatic heterocycles. The zero-order valence-corrected chi connectivity index (χ0v) is 28.5. The van der Waals surface area contributed by atoms with E-state index in [4.69, 9.17) is 33.2 Å². The molecule has 1 saturated heterocycles. The third-order valence-electron chi connectivity index (χ3n) is 10.9. The molecular formula is C35H43Cl2N7O2. The largest absolute Gasteiger partial charge is 0.353 e. The van der Waals surface area contributed by atoms with E-state index in [1.54, 1.807) is 10.6 Å². The highest BCUT2D eigenvalue weighted by Crippen LogP contribution is 2.61. The smallest absolute Gasteiger partial charge is 0.262 e. The SMILES string of the molecule is C[C@@H]1[C@@H](N=C(Nc2ccc3c(=O)n(CCc4ccc(Cl)cc4Cl)c(NC4CC4)nc3c2)N2CC(=O)N[C@@H](C)C2)C[C@H]2C[C@@H]1C2(C)C. The van der Waals surface area contributed by atoms with Crippen molar-refractivity contribution in [2.24, 2.45) is 28.2 Å². The molecule has 5 fully saturated rings. The normalized spacial score (nSPS) is 27.3. The van der Waals surface area contributed by atoms with Crippen LogP contribution in [0.3, 0.4) is 0 Å². The lowest BCUT2D eigenvalue weighted by atomic mass is 9.45. The van der Waals surface area contributed by atoms with Crippen molar-refractivity contribution in [3.05, 3.63) is 62.4 Å². The number of carbonyl (C=O) groups is 1. The van der Waals surface area contributed by atoms with Crippen LogP contribution in [0.5, 0.6) is 0 Å². The molecule has 5 atom stereocenters. The van der Waals surface area contributed by atoms with E-state index in [2.05, 4.69) is 41.6 Å². The molecule has 244 valence electrons. The molecule has 9 nitrogen and oxygen atoms in total. The Labute approximate surface area is 280 Å². The Kier molecular flexibility index (Phi) is 8.20. The second-order valence-corrected chi connectivity index (χ2v) is 15.3. The number of hydrogen-bond acceptors (Lipinski definition) is 5. The van der Waals surface area contributed by atoms with Gasteiger partial charge < -0.3 is 20.9 Å². The highest BCUT2D eigenvalue weighted by atomic mass is 35.5. The number of piperazine rings is 1. The summed E-state index contributed by atoms with van der Waals surface area (Å²) in [6.07, 6.45) is 5.02. The Bertz CT molecular complexity index is 1770. The van der Waals surface area contributed by atoms with Crippen molar-refractivity contribution in [3.63, 3.8) is 0 Å². The van der Waals surface area contributed by atoms with Gasteiger partial charge in [-0.05, 0) is 98.1 Å². The Hall–Kier alpha value is -3.30. The van der Waals surface area contributed by atoms with Crippen molar-refractivity contribution in [3.8, 4) is 0 Å². The minimum Gasteiger partial charge on any atom is -0.353 e. The maximum Gasteiger partial charge on any atom is 0.262 e. The summed E-state index contributed by atoms with van der Waals surface area (Å²) in [6, 6.07) is 11.6. The van der Waals surface area contributed by atoms with Gasteiger partial charge in [0, 0.05) is 40.9 Å². The Morgan fingerprint density at radius 2 is 1.91 bits per heavy atom. The maximum absolute atomic E-state index is 13.9. The van der Waals surface area contributed by atoms with Crippen LogP contribution in [0.2, 0.25) is 10.0 Å². The summed E-state index contributed by atoms with van der Waals surface area (Å²) in [7, 11) is 0. The molecule has 8 rings (SSSR count). The van der Waals surface area contributed by atoms with Crippen molar-refractivity contribution in [1.29, 1.82) is 0 Å². The first-order valence-corrected chi connectivity index (χ1v) is 17.4. The molecule has 1 aromatic heterocycles. The van der Waals surface area contributed by atoms with Crippen LogP contribution in [0.1, 0.15) is 58.9 Å². The third kappa shape index (κ3) is 6.08. The van der Waals surface area contributed by atoms with Gasteiger partial charge in [-0.25, -0.2) is 9.98 Å². The van der Waals surface area contributed by atoms with Gasteiger partial charge in [-0.3, -0.25) is 14.2 Å². The first kappa shape index (κ1) is 31.3. The molecule has 0 unspecified atom stereocenters. The topological polar surface area (TPSA) is 104 Å². The van der Waals surface area contributed by atoms with Gasteiger partial charge in [0.1, 0.15) is 0 Å². The Morgan fingerprint density at radius 1 is 1.11 bits per heavy atom. The van der Waals surface area contributed by atoms with E-state index < -0.39 is 0 Å². The minimum absolute atomic E-state index is 0.00895. The number of benzene rings is 2. The van der Waals surface area contributed by atoms with Crippen LogP contribution in [-0.2, 0) is 17.8 Å². The number of anilines is 2. The fourth-order valence-electron chi connectivity index (χ4n) is 7.85. The van der Waals surface area contributed by atoms with Crippen molar-refractivity contribution in [1.82, 2.24) is 19.8 Å². The second-order valence-electron chi connectivity index (χ2n) is 14.5. The molecular weight excluding hydrogens is 621 g/mol. The quantitative estimate of drug-likeness (QED) is 0.206. The Balaban J connectivity index is 1.20. The van der Waals surface area contributed by atoms with Crippen molar-refractivity contribution < 1.29 is 4.79 Å². The van der Waals surface area contributed by atoms with E-state index in [0.29, 0.717) is 81.6 Å². The molecule has 2 bridgehead atoms. The zero-order chi connectivity index (χ0) is 32.3. The summed E-state index contributed by atoms with van der Waals surface area (Å²) in [5.74, 6) is 3.06. The number of carbonyl (C=O) groups excluding carboxylic acids is 1. The van der Waals surface area contributed by atoms with Crippen LogP contribution in [0.15, 0.2) is 46.2 Å². The van der Waals surface area contributed by atoms with Crippen LogP contribution in [0.25, 0.3) is 10.9 Å². The number of guanidine groups is 1. The monoisotopic (exact) mass is 663 g/mol. The number of rotatable bonds is 7. The second kappa shape index (κ2) is 12.1. The number of fused-ring (bicyclic) bond motifs is 3. The average molecular weight is 665 g/mol. The van der Waals surface area contributed by atoms with E-state index in [1.165, 1.54) is 6.42 Å². The van der Waals surface area contributed by atoms with Crippen LogP contribution in [0, 0.1) is 23.2 Å². The van der Waals surface area contributed by atoms with Gasteiger partial charge in [-0.2, -0.15) is 0 Å². The Morgan fingerprint density at radius 3 is 2.61 bits per heavy atom. The first-order valence-electron chi connectivity index (χ1n) is 16.6. The number of nitrogens with one attached hydrogen (secondary N) is 3. The molecule has 2 aromatic carbocycles. The predicted molar refractivity (Wildman–Crippen MR) is 186 cm³/mol. The van der Waals surface area contributed by atoms with Crippen LogP contribution >= 0.6 is 23.2 Å². The molecule has 11 heteroatoms. The zero-order valence-electron chi connectivity index (χ0n) is 26.9. The van der Waals surface area contributed by atoms with Gasteiger partial charge in [0.25, 0.3) is 5.56 Å². The highest BCUT2D eigenvalue weighted by molar-refractivity contribution is 6.35. The number of hydrogen-bond donors (Lipinski definition) is 3. The van der Waals surface area contributed by atoms with Gasteiger partial charge in [0.2, 0.25) is 11.9 Å². The lowest BCUT2D eigenvalue weighted by Crippen LogP contribution is -2.58. The minimum atomic E-state index is -0.0990. The number of aliphatic imine (C=N–C) groups is 1. The maximum atomic E-state index is 13.9. The lowest BCUT2D eigenvalue weighted by Gasteiger charge is -2.61. The molecule has 1 amide bonds. The number of aryl methyl sites for hydroxylation is 1. The van der Waals surface area contributed by atoms with Crippen LogP contribution in [-0.4, -0.2) is 57.5 Å². The molecule has 5 aliphatic rings. The van der Waals surface area contributed by atoms with Gasteiger partial charge in [-0.1, -0.05) is 50.0 Å². The van der Waals surface area contributed by atoms with Gasteiger partial charge >= 0.3 is 0 Å². The molecule has 4 aliphatic carbocycles. The number of amides is 1.